The van der Waals surface area contributed by atoms with Gasteiger partial charge in [-0.05, 0) is 52.5 Å². The molecule has 0 spiro atoms. The number of carbonyl (C=O) groups excluding carboxylic acids is 1. The Balaban J connectivity index is 1.38. The third-order valence-electron chi connectivity index (χ3n) is 5.08. The smallest absolute Gasteiger partial charge is 0.356 e. The number of carbonyl (C=O) groups is 1. The van der Waals surface area contributed by atoms with Gasteiger partial charge in [0.25, 0.3) is 0 Å². The molecule has 174 valence electrons. The number of halogens is 4. The quantitative estimate of drug-likeness (QED) is 0.402. The molecule has 4 rings (SSSR count). The fraction of sp³-hybridized carbons (Fsp3) is 0.318. The van der Waals surface area contributed by atoms with Crippen LogP contribution in [0.3, 0.4) is 0 Å². The minimum atomic E-state index is -4.55. The Morgan fingerprint density at radius 2 is 1.85 bits per heavy atom. The Bertz CT molecular complexity index is 1110. The number of alkyl halides is 3. The maximum Gasteiger partial charge on any atom is 0.433 e. The second-order valence-corrected chi connectivity index (χ2v) is 9.55. The van der Waals surface area contributed by atoms with Crippen molar-refractivity contribution < 1.29 is 18.0 Å². The van der Waals surface area contributed by atoms with Gasteiger partial charge >= 0.3 is 6.18 Å². The fourth-order valence-electron chi connectivity index (χ4n) is 3.46. The van der Waals surface area contributed by atoms with E-state index in [1.165, 1.54) is 11.3 Å². The van der Waals surface area contributed by atoms with Crippen molar-refractivity contribution in [1.82, 2.24) is 9.97 Å². The van der Waals surface area contributed by atoms with E-state index in [1.54, 1.807) is 24.3 Å². The van der Waals surface area contributed by atoms with Crippen LogP contribution in [-0.4, -0.2) is 29.0 Å². The van der Waals surface area contributed by atoms with E-state index in [0.29, 0.717) is 18.8 Å². The molecule has 1 aromatic carbocycles. The maximum atomic E-state index is 13.3. The van der Waals surface area contributed by atoms with Crippen LogP contribution in [0.5, 0.6) is 0 Å². The predicted octanol–water partition coefficient (Wildman–Crippen LogP) is 5.71. The third kappa shape index (κ3) is 6.44. The molecule has 2 N–H and O–H groups in total. The molecule has 33 heavy (non-hydrogen) atoms. The van der Waals surface area contributed by atoms with E-state index in [9.17, 15) is 18.0 Å². The van der Waals surface area contributed by atoms with Crippen LogP contribution in [-0.2, 0) is 23.9 Å². The summed E-state index contributed by atoms with van der Waals surface area (Å²) in [5, 5.41) is 7.66. The molecule has 1 aliphatic heterocycles. The number of amides is 1. The molecule has 11 heteroatoms. The molecular weight excluding hydrogens is 519 g/mol. The second kappa shape index (κ2) is 10.1. The average molecular weight is 540 g/mol. The fourth-order valence-corrected chi connectivity index (χ4v) is 4.91. The molecule has 0 saturated carbocycles. The topological polar surface area (TPSA) is 70.2 Å². The van der Waals surface area contributed by atoms with E-state index in [1.807, 2.05) is 16.3 Å². The molecule has 1 amide bonds. The minimum absolute atomic E-state index is 0.0637. The molecule has 1 fully saturated rings. The van der Waals surface area contributed by atoms with Gasteiger partial charge < -0.3 is 15.5 Å². The molecule has 6 nitrogen and oxygen atoms in total. The van der Waals surface area contributed by atoms with Gasteiger partial charge in [0.05, 0.1) is 6.42 Å². The largest absolute Gasteiger partial charge is 0.433 e. The predicted molar refractivity (Wildman–Crippen MR) is 127 cm³/mol. The standard InChI is InChI=1S/C22H21BrF3N5OS/c23-15-9-17(33-13-15)10-20(32)28-16-5-3-14(4-6-16)12-27-21-29-18(22(24,25)26)11-19(30-21)31-7-1-2-8-31/h3-6,9,11,13H,1-2,7-8,10,12H2,(H,28,32)(H,27,29,30). The molecule has 0 unspecified atom stereocenters. The van der Waals surface area contributed by atoms with Crippen molar-refractivity contribution in [3.05, 3.63) is 62.4 Å². The number of thiophene rings is 1. The zero-order valence-electron chi connectivity index (χ0n) is 17.5. The lowest BCUT2D eigenvalue weighted by Gasteiger charge is -2.19. The molecule has 3 aromatic rings. The Kier molecular flexibility index (Phi) is 7.18. The summed E-state index contributed by atoms with van der Waals surface area (Å²) in [7, 11) is 0. The highest BCUT2D eigenvalue weighted by molar-refractivity contribution is 9.10. The summed E-state index contributed by atoms with van der Waals surface area (Å²) < 4.78 is 40.9. The first kappa shape index (κ1) is 23.5. The number of nitrogens with zero attached hydrogens (tertiary/aromatic N) is 3. The van der Waals surface area contributed by atoms with Crippen LogP contribution >= 0.6 is 27.3 Å². The molecule has 3 heterocycles. The molecule has 0 atom stereocenters. The summed E-state index contributed by atoms with van der Waals surface area (Å²) in [6.45, 7) is 1.62. The van der Waals surface area contributed by atoms with Crippen LogP contribution in [0.4, 0.5) is 30.6 Å². The van der Waals surface area contributed by atoms with Crippen LogP contribution in [0.15, 0.2) is 46.3 Å². The monoisotopic (exact) mass is 539 g/mol. The number of nitrogens with one attached hydrogen (secondary N) is 2. The number of hydrogen-bond donors (Lipinski definition) is 2. The van der Waals surface area contributed by atoms with Crippen LogP contribution in [0.25, 0.3) is 0 Å². The molecule has 1 aliphatic rings. The number of aromatic nitrogens is 2. The second-order valence-electron chi connectivity index (χ2n) is 7.63. The van der Waals surface area contributed by atoms with Crippen LogP contribution < -0.4 is 15.5 Å². The van der Waals surface area contributed by atoms with Crippen molar-refractivity contribution in [2.45, 2.75) is 32.0 Å². The van der Waals surface area contributed by atoms with Gasteiger partial charge in [0.2, 0.25) is 11.9 Å². The normalized spacial score (nSPS) is 13.9. The molecule has 1 saturated heterocycles. The Morgan fingerprint density at radius 1 is 1.12 bits per heavy atom. The first-order chi connectivity index (χ1) is 15.8. The van der Waals surface area contributed by atoms with E-state index in [0.717, 1.165) is 33.8 Å². The van der Waals surface area contributed by atoms with Crippen LogP contribution in [0, 0.1) is 0 Å². The van der Waals surface area contributed by atoms with E-state index >= 15 is 0 Å². The average Bonchev–Trinajstić information content (AvgIpc) is 3.44. The summed E-state index contributed by atoms with van der Waals surface area (Å²) in [6, 6.07) is 10.00. The first-order valence-electron chi connectivity index (χ1n) is 10.3. The zero-order chi connectivity index (χ0) is 23.4. The van der Waals surface area contributed by atoms with Gasteiger partial charge in [-0.15, -0.1) is 11.3 Å². The number of anilines is 3. The van der Waals surface area contributed by atoms with Gasteiger partial charge in [-0.3, -0.25) is 4.79 Å². The Labute approximate surface area is 201 Å². The van der Waals surface area contributed by atoms with Crippen molar-refractivity contribution in [3.63, 3.8) is 0 Å². The van der Waals surface area contributed by atoms with Crippen molar-refractivity contribution in [3.8, 4) is 0 Å². The lowest BCUT2D eigenvalue weighted by Crippen LogP contribution is -2.22. The van der Waals surface area contributed by atoms with Crippen molar-refractivity contribution in [2.24, 2.45) is 0 Å². The van der Waals surface area contributed by atoms with Gasteiger partial charge in [0.1, 0.15) is 5.82 Å². The Hall–Kier alpha value is -2.66. The van der Waals surface area contributed by atoms with Gasteiger partial charge in [-0.1, -0.05) is 12.1 Å². The van der Waals surface area contributed by atoms with Gasteiger partial charge in [-0.2, -0.15) is 18.2 Å². The van der Waals surface area contributed by atoms with E-state index in [2.05, 4.69) is 36.5 Å². The summed E-state index contributed by atoms with van der Waals surface area (Å²) in [5.41, 5.74) is 0.502. The van der Waals surface area contributed by atoms with Gasteiger partial charge in [0.15, 0.2) is 5.69 Å². The summed E-state index contributed by atoms with van der Waals surface area (Å²) >= 11 is 4.87. The lowest BCUT2D eigenvalue weighted by molar-refractivity contribution is -0.141. The van der Waals surface area contributed by atoms with E-state index < -0.39 is 11.9 Å². The Morgan fingerprint density at radius 3 is 2.48 bits per heavy atom. The van der Waals surface area contributed by atoms with Gasteiger partial charge in [0, 0.05) is 46.1 Å². The molecule has 2 aromatic heterocycles. The zero-order valence-corrected chi connectivity index (χ0v) is 19.9. The first-order valence-corrected chi connectivity index (χ1v) is 12.0. The number of rotatable bonds is 7. The van der Waals surface area contributed by atoms with Crippen LogP contribution in [0.1, 0.15) is 29.0 Å². The highest BCUT2D eigenvalue weighted by atomic mass is 79.9. The van der Waals surface area contributed by atoms with E-state index in [4.69, 9.17) is 0 Å². The van der Waals surface area contributed by atoms with Crippen molar-refractivity contribution >= 4 is 50.6 Å². The summed E-state index contributed by atoms with van der Waals surface area (Å²) in [6.07, 6.45) is -2.40. The number of hydrogen-bond acceptors (Lipinski definition) is 6. The highest BCUT2D eigenvalue weighted by Crippen LogP contribution is 2.31. The third-order valence-corrected chi connectivity index (χ3v) is 6.78. The molecule has 0 radical (unpaired) electrons. The minimum Gasteiger partial charge on any atom is -0.356 e. The SMILES string of the molecule is O=C(Cc1cc(Br)cs1)Nc1ccc(CNc2nc(N3CCCC3)cc(C(F)(F)F)n2)cc1. The van der Waals surface area contributed by atoms with Crippen molar-refractivity contribution in [2.75, 3.05) is 28.6 Å². The van der Waals surface area contributed by atoms with E-state index in [-0.39, 0.29) is 30.6 Å². The molecular formula is C22H21BrF3N5OS. The summed E-state index contributed by atoms with van der Waals surface area (Å²) in [4.78, 5) is 22.9. The molecule has 0 bridgehead atoms. The van der Waals surface area contributed by atoms with Crippen molar-refractivity contribution in [1.29, 1.82) is 0 Å². The maximum absolute atomic E-state index is 13.3. The highest BCUT2D eigenvalue weighted by Gasteiger charge is 2.34. The number of benzene rings is 1. The lowest BCUT2D eigenvalue weighted by atomic mass is 10.2. The molecule has 0 aliphatic carbocycles. The van der Waals surface area contributed by atoms with Crippen LogP contribution in [0.2, 0.25) is 0 Å². The summed E-state index contributed by atoms with van der Waals surface area (Å²) in [5.74, 6) is 0.0985. The van der Waals surface area contributed by atoms with Gasteiger partial charge in [-0.25, -0.2) is 4.98 Å².